The zero-order valence-electron chi connectivity index (χ0n) is 6.14. The molecule has 0 radical (unpaired) electrons. The molecule has 1 N–H and O–H groups in total. The summed E-state index contributed by atoms with van der Waals surface area (Å²) in [5.41, 5.74) is 0. The lowest BCUT2D eigenvalue weighted by Crippen LogP contribution is -2.11. The van der Waals surface area contributed by atoms with Crippen LogP contribution in [0.4, 0.5) is 0 Å². The van der Waals surface area contributed by atoms with Gasteiger partial charge in [-0.1, -0.05) is 0 Å². The third-order valence-corrected chi connectivity index (χ3v) is 2.20. The van der Waals surface area contributed by atoms with E-state index in [0.29, 0.717) is 11.3 Å². The van der Waals surface area contributed by atoms with Crippen molar-refractivity contribution >= 4 is 11.6 Å². The molecule has 0 bridgehead atoms. The lowest BCUT2D eigenvalue weighted by molar-refractivity contribution is 0.447. The number of hydrogen-bond donors (Lipinski definition) is 1. The van der Waals surface area contributed by atoms with Gasteiger partial charge in [-0.15, -0.1) is 0 Å². The van der Waals surface area contributed by atoms with Crippen molar-refractivity contribution in [3.63, 3.8) is 0 Å². The maximum Gasteiger partial charge on any atom is 0.193 e. The second-order valence-electron chi connectivity index (χ2n) is 2.79. The first kappa shape index (κ1) is 7.19. The first-order valence-corrected chi connectivity index (χ1v) is 4.23. The standard InChI is InChI=1S/C8H10ClNO/c9-8-4-3-7(11-8)6-2-1-5-10-6/h3-4,6,10H,1-2,5H2/t6-/m0/s1. The fraction of sp³-hybridized carbons (Fsp3) is 0.500. The second kappa shape index (κ2) is 2.88. The molecule has 1 saturated heterocycles. The van der Waals surface area contributed by atoms with Crippen molar-refractivity contribution in [2.45, 2.75) is 18.9 Å². The predicted molar refractivity (Wildman–Crippen MR) is 43.7 cm³/mol. The predicted octanol–water partition coefficient (Wildman–Crippen LogP) is 2.36. The van der Waals surface area contributed by atoms with Gasteiger partial charge in [0.05, 0.1) is 6.04 Å². The van der Waals surface area contributed by atoms with E-state index in [0.717, 1.165) is 18.7 Å². The summed E-state index contributed by atoms with van der Waals surface area (Å²) >= 11 is 5.64. The zero-order valence-corrected chi connectivity index (χ0v) is 6.90. The van der Waals surface area contributed by atoms with Crippen LogP contribution < -0.4 is 5.32 Å². The first-order valence-electron chi connectivity index (χ1n) is 3.85. The fourth-order valence-electron chi connectivity index (χ4n) is 1.44. The number of furan rings is 1. The quantitative estimate of drug-likeness (QED) is 0.702. The Balaban J connectivity index is 2.15. The number of nitrogens with one attached hydrogen (secondary N) is 1. The van der Waals surface area contributed by atoms with Gasteiger partial charge in [-0.3, -0.25) is 0 Å². The third-order valence-electron chi connectivity index (χ3n) is 2.00. The smallest absolute Gasteiger partial charge is 0.193 e. The maximum atomic E-state index is 5.64. The molecule has 2 heterocycles. The minimum atomic E-state index is 0.391. The molecule has 0 unspecified atom stereocenters. The average Bonchev–Trinajstić information content (AvgIpc) is 2.55. The van der Waals surface area contributed by atoms with Gasteiger partial charge < -0.3 is 9.73 Å². The van der Waals surface area contributed by atoms with Gasteiger partial charge in [-0.05, 0) is 43.1 Å². The van der Waals surface area contributed by atoms with Crippen LogP contribution in [0.3, 0.4) is 0 Å². The Morgan fingerprint density at radius 1 is 1.55 bits per heavy atom. The van der Waals surface area contributed by atoms with E-state index in [9.17, 15) is 0 Å². The Morgan fingerprint density at radius 3 is 3.00 bits per heavy atom. The summed E-state index contributed by atoms with van der Waals surface area (Å²) < 4.78 is 5.27. The van der Waals surface area contributed by atoms with E-state index < -0.39 is 0 Å². The summed E-state index contributed by atoms with van der Waals surface area (Å²) in [6.45, 7) is 1.09. The average molecular weight is 172 g/mol. The minimum absolute atomic E-state index is 0.391. The summed E-state index contributed by atoms with van der Waals surface area (Å²) in [6, 6.07) is 4.12. The topological polar surface area (TPSA) is 25.2 Å². The van der Waals surface area contributed by atoms with E-state index in [1.54, 1.807) is 6.07 Å². The molecule has 1 aromatic heterocycles. The van der Waals surface area contributed by atoms with Crippen LogP contribution in [0.25, 0.3) is 0 Å². The highest BCUT2D eigenvalue weighted by molar-refractivity contribution is 6.28. The van der Waals surface area contributed by atoms with Gasteiger partial charge in [0.25, 0.3) is 0 Å². The Morgan fingerprint density at radius 2 is 2.45 bits per heavy atom. The summed E-state index contributed by atoms with van der Waals surface area (Å²) in [4.78, 5) is 0. The van der Waals surface area contributed by atoms with Crippen LogP contribution in [0.5, 0.6) is 0 Å². The molecule has 1 aromatic rings. The molecular weight excluding hydrogens is 162 g/mol. The van der Waals surface area contributed by atoms with E-state index >= 15 is 0 Å². The molecule has 11 heavy (non-hydrogen) atoms. The molecule has 1 atom stereocenters. The van der Waals surface area contributed by atoms with Crippen LogP contribution >= 0.6 is 11.6 Å². The van der Waals surface area contributed by atoms with E-state index in [-0.39, 0.29) is 0 Å². The number of halogens is 1. The molecule has 3 heteroatoms. The van der Waals surface area contributed by atoms with Crippen molar-refractivity contribution in [3.8, 4) is 0 Å². The molecule has 1 aliphatic rings. The van der Waals surface area contributed by atoms with E-state index in [1.807, 2.05) is 6.07 Å². The Labute approximate surface area is 70.5 Å². The van der Waals surface area contributed by atoms with Gasteiger partial charge in [-0.2, -0.15) is 0 Å². The van der Waals surface area contributed by atoms with E-state index in [4.69, 9.17) is 16.0 Å². The number of rotatable bonds is 1. The molecule has 1 aliphatic heterocycles. The Hall–Kier alpha value is -0.470. The fourth-order valence-corrected chi connectivity index (χ4v) is 1.60. The van der Waals surface area contributed by atoms with Gasteiger partial charge in [0, 0.05) is 0 Å². The maximum absolute atomic E-state index is 5.64. The molecule has 0 spiro atoms. The van der Waals surface area contributed by atoms with Crippen molar-refractivity contribution in [2.75, 3.05) is 6.54 Å². The van der Waals surface area contributed by atoms with Crippen molar-refractivity contribution < 1.29 is 4.42 Å². The zero-order chi connectivity index (χ0) is 7.68. The Bertz CT molecular complexity index is 240. The molecule has 0 amide bonds. The monoisotopic (exact) mass is 171 g/mol. The molecule has 1 fully saturated rings. The minimum Gasteiger partial charge on any atom is -0.448 e. The van der Waals surface area contributed by atoms with Crippen molar-refractivity contribution in [3.05, 3.63) is 23.1 Å². The van der Waals surface area contributed by atoms with Crippen molar-refractivity contribution in [1.29, 1.82) is 0 Å². The molecular formula is C8H10ClNO. The van der Waals surface area contributed by atoms with Gasteiger partial charge in [0.2, 0.25) is 0 Å². The molecule has 0 aromatic carbocycles. The highest BCUT2D eigenvalue weighted by Gasteiger charge is 2.18. The van der Waals surface area contributed by atoms with Crippen molar-refractivity contribution in [2.24, 2.45) is 0 Å². The Kier molecular flexibility index (Phi) is 1.88. The molecule has 60 valence electrons. The van der Waals surface area contributed by atoms with Crippen LogP contribution in [0.15, 0.2) is 16.5 Å². The van der Waals surface area contributed by atoms with Crippen molar-refractivity contribution in [1.82, 2.24) is 5.32 Å². The van der Waals surface area contributed by atoms with Crippen LogP contribution in [0, 0.1) is 0 Å². The van der Waals surface area contributed by atoms with Gasteiger partial charge in [-0.25, -0.2) is 0 Å². The first-order chi connectivity index (χ1) is 5.36. The SMILES string of the molecule is Clc1ccc([C@@H]2CCCN2)o1. The molecule has 2 nitrogen and oxygen atoms in total. The summed E-state index contributed by atoms with van der Waals surface area (Å²) in [5.74, 6) is 0.965. The molecule has 0 aliphatic carbocycles. The lowest BCUT2D eigenvalue weighted by atomic mass is 10.2. The van der Waals surface area contributed by atoms with Crippen LogP contribution in [-0.2, 0) is 0 Å². The highest BCUT2D eigenvalue weighted by Crippen LogP contribution is 2.26. The molecule has 2 rings (SSSR count). The van der Waals surface area contributed by atoms with E-state index in [2.05, 4.69) is 5.32 Å². The van der Waals surface area contributed by atoms with Crippen LogP contribution in [0.2, 0.25) is 5.22 Å². The van der Waals surface area contributed by atoms with Gasteiger partial charge >= 0.3 is 0 Å². The number of hydrogen-bond acceptors (Lipinski definition) is 2. The largest absolute Gasteiger partial charge is 0.448 e. The van der Waals surface area contributed by atoms with E-state index in [1.165, 1.54) is 6.42 Å². The lowest BCUT2D eigenvalue weighted by Gasteiger charge is -2.04. The second-order valence-corrected chi connectivity index (χ2v) is 3.16. The third kappa shape index (κ3) is 1.42. The summed E-state index contributed by atoms with van der Waals surface area (Å²) in [6.07, 6.45) is 2.38. The normalized spacial score (nSPS) is 24.3. The van der Waals surface area contributed by atoms with Gasteiger partial charge in [0.15, 0.2) is 5.22 Å². The van der Waals surface area contributed by atoms with Crippen LogP contribution in [-0.4, -0.2) is 6.54 Å². The highest BCUT2D eigenvalue weighted by atomic mass is 35.5. The summed E-state index contributed by atoms with van der Waals surface area (Å²) in [7, 11) is 0. The summed E-state index contributed by atoms with van der Waals surface area (Å²) in [5, 5.41) is 3.81. The van der Waals surface area contributed by atoms with Gasteiger partial charge in [0.1, 0.15) is 5.76 Å². The van der Waals surface area contributed by atoms with Crippen LogP contribution in [0.1, 0.15) is 24.6 Å². The molecule has 0 saturated carbocycles.